The standard InChI is InChI=1S/C16H18N2O3S/c1-16(2)11-21-15(14-8-5-9-22-14)17(16)10-12-6-3-4-7-13(12)18(19)20/h3-9,15H,10-11H2,1-2H3. The molecular weight excluding hydrogens is 300 g/mol. The monoisotopic (exact) mass is 318 g/mol. The number of hydrogen-bond acceptors (Lipinski definition) is 5. The van der Waals surface area contributed by atoms with Gasteiger partial charge in [0.2, 0.25) is 0 Å². The van der Waals surface area contributed by atoms with E-state index in [0.29, 0.717) is 18.7 Å². The Morgan fingerprint density at radius 3 is 2.82 bits per heavy atom. The van der Waals surface area contributed by atoms with Crippen LogP contribution in [-0.2, 0) is 11.3 Å². The van der Waals surface area contributed by atoms with Crippen molar-refractivity contribution in [3.8, 4) is 0 Å². The molecule has 1 aliphatic rings. The molecule has 0 spiro atoms. The number of ether oxygens (including phenoxy) is 1. The SMILES string of the molecule is CC1(C)COC(c2cccs2)N1Cc1ccccc1[N+](=O)[O-]. The van der Waals surface area contributed by atoms with Crippen LogP contribution in [0.25, 0.3) is 0 Å². The third-order valence-corrected chi connectivity index (χ3v) is 4.87. The Morgan fingerprint density at radius 1 is 1.36 bits per heavy atom. The summed E-state index contributed by atoms with van der Waals surface area (Å²) in [5, 5.41) is 13.2. The molecule has 3 rings (SSSR count). The van der Waals surface area contributed by atoms with Crippen LogP contribution in [-0.4, -0.2) is 22.0 Å². The van der Waals surface area contributed by atoms with E-state index in [2.05, 4.69) is 18.7 Å². The van der Waals surface area contributed by atoms with Gasteiger partial charge in [0.05, 0.1) is 11.5 Å². The van der Waals surface area contributed by atoms with Gasteiger partial charge in [-0.1, -0.05) is 24.3 Å². The number of nitrogens with zero attached hydrogens (tertiary/aromatic N) is 2. The Morgan fingerprint density at radius 2 is 2.14 bits per heavy atom. The summed E-state index contributed by atoms with van der Waals surface area (Å²) in [4.78, 5) is 14.2. The average molecular weight is 318 g/mol. The van der Waals surface area contributed by atoms with Gasteiger partial charge in [-0.3, -0.25) is 15.0 Å². The van der Waals surface area contributed by atoms with Gasteiger partial charge in [-0.2, -0.15) is 0 Å². The summed E-state index contributed by atoms with van der Waals surface area (Å²) in [6.07, 6.45) is -0.144. The van der Waals surface area contributed by atoms with Gasteiger partial charge in [0.1, 0.15) is 6.23 Å². The van der Waals surface area contributed by atoms with Gasteiger partial charge in [-0.15, -0.1) is 11.3 Å². The third kappa shape index (κ3) is 2.77. The van der Waals surface area contributed by atoms with Crippen LogP contribution >= 0.6 is 11.3 Å². The molecule has 0 radical (unpaired) electrons. The quantitative estimate of drug-likeness (QED) is 0.632. The van der Waals surface area contributed by atoms with Crippen molar-refractivity contribution in [1.29, 1.82) is 0 Å². The van der Waals surface area contributed by atoms with E-state index in [9.17, 15) is 10.1 Å². The van der Waals surface area contributed by atoms with E-state index in [0.717, 1.165) is 4.88 Å². The van der Waals surface area contributed by atoms with Gasteiger partial charge in [-0.25, -0.2) is 0 Å². The lowest BCUT2D eigenvalue weighted by molar-refractivity contribution is -0.385. The van der Waals surface area contributed by atoms with Gasteiger partial charge >= 0.3 is 0 Å². The van der Waals surface area contributed by atoms with E-state index in [1.54, 1.807) is 23.5 Å². The van der Waals surface area contributed by atoms with Crippen molar-refractivity contribution in [2.24, 2.45) is 0 Å². The van der Waals surface area contributed by atoms with Crippen molar-refractivity contribution in [3.05, 3.63) is 62.3 Å². The zero-order valence-electron chi connectivity index (χ0n) is 12.6. The minimum absolute atomic E-state index is 0.144. The van der Waals surface area contributed by atoms with E-state index >= 15 is 0 Å². The fourth-order valence-electron chi connectivity index (χ4n) is 2.74. The lowest BCUT2D eigenvalue weighted by Crippen LogP contribution is -2.40. The van der Waals surface area contributed by atoms with E-state index in [-0.39, 0.29) is 22.4 Å². The first-order valence-corrected chi connectivity index (χ1v) is 8.01. The summed E-state index contributed by atoms with van der Waals surface area (Å²) < 4.78 is 5.96. The molecule has 1 unspecified atom stereocenters. The summed E-state index contributed by atoms with van der Waals surface area (Å²) in [6, 6.07) is 11.0. The molecule has 1 aromatic carbocycles. The summed E-state index contributed by atoms with van der Waals surface area (Å²) in [5.74, 6) is 0. The molecule has 1 saturated heterocycles. The number of nitro groups is 1. The molecule has 0 aliphatic carbocycles. The Balaban J connectivity index is 1.93. The molecule has 0 N–H and O–H groups in total. The molecule has 116 valence electrons. The summed E-state index contributed by atoms with van der Waals surface area (Å²) in [5.41, 5.74) is 0.709. The second-order valence-corrected chi connectivity index (χ2v) is 6.98. The molecule has 6 heteroatoms. The zero-order valence-corrected chi connectivity index (χ0v) is 13.4. The first-order chi connectivity index (χ1) is 10.5. The van der Waals surface area contributed by atoms with E-state index < -0.39 is 0 Å². The first-order valence-electron chi connectivity index (χ1n) is 7.13. The second-order valence-electron chi connectivity index (χ2n) is 6.00. The van der Waals surface area contributed by atoms with Crippen LogP contribution in [0.15, 0.2) is 41.8 Å². The molecule has 1 fully saturated rings. The molecule has 22 heavy (non-hydrogen) atoms. The smallest absolute Gasteiger partial charge is 0.273 e. The number of rotatable bonds is 4. The number of benzene rings is 1. The van der Waals surface area contributed by atoms with E-state index in [1.165, 1.54) is 0 Å². The Labute approximate surface area is 133 Å². The highest BCUT2D eigenvalue weighted by Crippen LogP contribution is 2.40. The number of nitro benzene ring substituents is 1. The number of thiophene rings is 1. The molecule has 2 heterocycles. The van der Waals surface area contributed by atoms with Crippen LogP contribution in [0.2, 0.25) is 0 Å². The molecule has 5 nitrogen and oxygen atoms in total. The van der Waals surface area contributed by atoms with E-state index in [4.69, 9.17) is 4.74 Å². The Hall–Kier alpha value is -1.76. The minimum Gasteiger partial charge on any atom is -0.356 e. The van der Waals surface area contributed by atoms with Crippen molar-refractivity contribution >= 4 is 17.0 Å². The van der Waals surface area contributed by atoms with Crippen molar-refractivity contribution in [3.63, 3.8) is 0 Å². The average Bonchev–Trinajstić information content (AvgIpc) is 3.08. The maximum atomic E-state index is 11.2. The molecular formula is C16H18N2O3S. The molecule has 1 aromatic heterocycles. The molecule has 0 bridgehead atoms. The van der Waals surface area contributed by atoms with Gasteiger partial charge in [-0.05, 0) is 25.3 Å². The summed E-state index contributed by atoms with van der Waals surface area (Å²) in [7, 11) is 0. The van der Waals surface area contributed by atoms with Crippen LogP contribution in [0.5, 0.6) is 0 Å². The predicted octanol–water partition coefficient (Wildman–Crippen LogP) is 3.97. The minimum atomic E-state index is -0.320. The van der Waals surface area contributed by atoms with Gasteiger partial charge < -0.3 is 4.74 Å². The maximum Gasteiger partial charge on any atom is 0.273 e. The third-order valence-electron chi connectivity index (χ3n) is 3.97. The Bertz CT molecular complexity index is 670. The van der Waals surface area contributed by atoms with Crippen LogP contribution in [0.4, 0.5) is 5.69 Å². The fourth-order valence-corrected chi connectivity index (χ4v) is 3.53. The molecule has 0 amide bonds. The van der Waals surface area contributed by atoms with Crippen molar-refractivity contribution in [2.45, 2.75) is 32.2 Å². The highest BCUT2D eigenvalue weighted by atomic mass is 32.1. The largest absolute Gasteiger partial charge is 0.356 e. The van der Waals surface area contributed by atoms with Crippen molar-refractivity contribution in [2.75, 3.05) is 6.61 Å². The lowest BCUT2D eigenvalue weighted by atomic mass is 10.0. The van der Waals surface area contributed by atoms with Gasteiger partial charge in [0, 0.05) is 28.6 Å². The first kappa shape index (κ1) is 15.1. The molecule has 2 aromatic rings. The molecule has 1 aliphatic heterocycles. The fraction of sp³-hybridized carbons (Fsp3) is 0.375. The second kappa shape index (κ2) is 5.79. The Kier molecular flexibility index (Phi) is 3.99. The molecule has 0 saturated carbocycles. The predicted molar refractivity (Wildman–Crippen MR) is 85.7 cm³/mol. The van der Waals surface area contributed by atoms with Crippen LogP contribution in [0.3, 0.4) is 0 Å². The van der Waals surface area contributed by atoms with Crippen molar-refractivity contribution in [1.82, 2.24) is 4.90 Å². The highest BCUT2D eigenvalue weighted by Gasteiger charge is 2.42. The number of para-hydroxylation sites is 1. The lowest BCUT2D eigenvalue weighted by Gasteiger charge is -2.32. The van der Waals surface area contributed by atoms with Crippen molar-refractivity contribution < 1.29 is 9.66 Å². The molecule has 1 atom stereocenters. The summed E-state index contributed by atoms with van der Waals surface area (Å²) >= 11 is 1.65. The van der Waals surface area contributed by atoms with Gasteiger partial charge in [0.25, 0.3) is 5.69 Å². The van der Waals surface area contributed by atoms with E-state index in [1.807, 2.05) is 29.6 Å². The topological polar surface area (TPSA) is 55.6 Å². The van der Waals surface area contributed by atoms with Crippen LogP contribution < -0.4 is 0 Å². The van der Waals surface area contributed by atoms with Gasteiger partial charge in [0.15, 0.2) is 0 Å². The van der Waals surface area contributed by atoms with Crippen LogP contribution in [0.1, 0.15) is 30.5 Å². The maximum absolute atomic E-state index is 11.2. The van der Waals surface area contributed by atoms with Crippen LogP contribution in [0, 0.1) is 10.1 Å². The zero-order chi connectivity index (χ0) is 15.7. The summed E-state index contributed by atoms with van der Waals surface area (Å²) in [6.45, 7) is 5.31. The normalized spacial score (nSPS) is 21.1. The number of hydrogen-bond donors (Lipinski definition) is 0. The highest BCUT2D eigenvalue weighted by molar-refractivity contribution is 7.10.